The molecule has 2 aromatic rings. The molecule has 0 saturated heterocycles. The first kappa shape index (κ1) is 16.4. The highest BCUT2D eigenvalue weighted by atomic mass is 19.1. The van der Waals surface area contributed by atoms with E-state index in [1.54, 1.807) is 13.0 Å². The van der Waals surface area contributed by atoms with Crippen molar-refractivity contribution in [2.75, 3.05) is 7.05 Å². The molecular formula is C16H15FN2O4. The van der Waals surface area contributed by atoms with Gasteiger partial charge in [0.05, 0.1) is 12.1 Å². The second-order valence-electron chi connectivity index (χ2n) is 5.04. The summed E-state index contributed by atoms with van der Waals surface area (Å²) >= 11 is 0. The Morgan fingerprint density at radius 2 is 2.00 bits per heavy atom. The van der Waals surface area contributed by atoms with Crippen molar-refractivity contribution < 1.29 is 19.1 Å². The molecule has 1 heterocycles. The topological polar surface area (TPSA) is 88.4 Å². The van der Waals surface area contributed by atoms with Crippen molar-refractivity contribution in [3.63, 3.8) is 0 Å². The summed E-state index contributed by atoms with van der Waals surface area (Å²) in [7, 11) is 1.35. The number of carbonyl (C=O) groups excluding carboxylic acids is 1. The molecule has 6 nitrogen and oxygen atoms in total. The molecule has 0 unspecified atom stereocenters. The number of aromatic carboxylic acids is 1. The summed E-state index contributed by atoms with van der Waals surface area (Å²) in [4.78, 5) is 35.3. The van der Waals surface area contributed by atoms with E-state index in [2.05, 4.69) is 5.32 Å². The fraction of sp³-hybridized carbons (Fsp3) is 0.188. The lowest BCUT2D eigenvalue weighted by atomic mass is 10.1. The predicted molar refractivity (Wildman–Crippen MR) is 81.3 cm³/mol. The van der Waals surface area contributed by atoms with Crippen molar-refractivity contribution in [3.8, 4) is 0 Å². The summed E-state index contributed by atoms with van der Waals surface area (Å²) in [5.74, 6) is -2.28. The maximum Gasteiger partial charge on any atom is 0.337 e. The molecule has 2 rings (SSSR count). The Morgan fingerprint density at radius 1 is 1.30 bits per heavy atom. The van der Waals surface area contributed by atoms with E-state index in [-0.39, 0.29) is 23.5 Å². The number of aromatic nitrogens is 1. The minimum Gasteiger partial charge on any atom is -0.478 e. The maximum atomic E-state index is 13.3. The Hall–Kier alpha value is -2.96. The Kier molecular flexibility index (Phi) is 4.59. The van der Waals surface area contributed by atoms with Crippen LogP contribution in [0.15, 0.2) is 35.3 Å². The van der Waals surface area contributed by atoms with Gasteiger partial charge in [-0.1, -0.05) is 12.1 Å². The van der Waals surface area contributed by atoms with Crippen molar-refractivity contribution in [2.24, 2.45) is 0 Å². The predicted octanol–water partition coefficient (Wildman–Crippen LogP) is 1.40. The highest BCUT2D eigenvalue weighted by molar-refractivity contribution is 5.96. The van der Waals surface area contributed by atoms with E-state index in [9.17, 15) is 18.8 Å². The first-order valence-corrected chi connectivity index (χ1v) is 6.78. The molecule has 0 atom stereocenters. The first-order chi connectivity index (χ1) is 10.8. The van der Waals surface area contributed by atoms with Crippen LogP contribution >= 0.6 is 0 Å². The standard InChI is InChI=1S/C16H15FN2O4/c1-9-5-10(3-4-13(9)17)7-19-8-11(16(22)23)6-12(15(19)21)14(20)18-2/h3-6,8H,7H2,1-2H3,(H,18,20)(H,22,23). The fourth-order valence-electron chi connectivity index (χ4n) is 2.17. The van der Waals surface area contributed by atoms with E-state index in [1.165, 1.54) is 19.2 Å². The van der Waals surface area contributed by atoms with Gasteiger partial charge < -0.3 is 15.0 Å². The second kappa shape index (κ2) is 6.43. The van der Waals surface area contributed by atoms with Gasteiger partial charge in [-0.3, -0.25) is 9.59 Å². The molecule has 1 amide bonds. The van der Waals surface area contributed by atoms with Gasteiger partial charge in [-0.25, -0.2) is 9.18 Å². The SMILES string of the molecule is CNC(=O)c1cc(C(=O)O)cn(Cc2ccc(F)c(C)c2)c1=O. The number of nitrogens with one attached hydrogen (secondary N) is 1. The van der Waals surface area contributed by atoms with Crippen LogP contribution in [0.3, 0.4) is 0 Å². The number of pyridine rings is 1. The maximum absolute atomic E-state index is 13.3. The largest absolute Gasteiger partial charge is 0.478 e. The van der Waals surface area contributed by atoms with E-state index < -0.39 is 17.4 Å². The molecular weight excluding hydrogens is 303 g/mol. The molecule has 1 aromatic heterocycles. The van der Waals surface area contributed by atoms with Gasteiger partial charge in [0.15, 0.2) is 0 Å². The minimum atomic E-state index is -1.25. The van der Waals surface area contributed by atoms with Crippen LogP contribution in [0.2, 0.25) is 0 Å². The third-order valence-electron chi connectivity index (χ3n) is 3.38. The average molecular weight is 318 g/mol. The fourth-order valence-corrected chi connectivity index (χ4v) is 2.17. The molecule has 0 aliphatic rings. The van der Waals surface area contributed by atoms with Crippen molar-refractivity contribution in [1.82, 2.24) is 9.88 Å². The molecule has 0 aliphatic carbocycles. The Morgan fingerprint density at radius 3 is 2.57 bits per heavy atom. The number of amides is 1. The smallest absolute Gasteiger partial charge is 0.337 e. The van der Waals surface area contributed by atoms with E-state index in [4.69, 9.17) is 5.11 Å². The van der Waals surface area contributed by atoms with Crippen LogP contribution < -0.4 is 10.9 Å². The third kappa shape index (κ3) is 3.45. The van der Waals surface area contributed by atoms with Crippen LogP contribution in [0.1, 0.15) is 31.8 Å². The van der Waals surface area contributed by atoms with Gasteiger partial charge in [0, 0.05) is 13.2 Å². The van der Waals surface area contributed by atoms with Crippen LogP contribution in [0.4, 0.5) is 4.39 Å². The van der Waals surface area contributed by atoms with Gasteiger partial charge >= 0.3 is 5.97 Å². The number of nitrogens with zero attached hydrogens (tertiary/aromatic N) is 1. The number of aryl methyl sites for hydroxylation is 1. The van der Waals surface area contributed by atoms with Gasteiger partial charge in [0.2, 0.25) is 0 Å². The number of carbonyl (C=O) groups is 2. The zero-order valence-corrected chi connectivity index (χ0v) is 12.6. The zero-order valence-electron chi connectivity index (χ0n) is 12.6. The van der Waals surface area contributed by atoms with E-state index >= 15 is 0 Å². The molecule has 7 heteroatoms. The molecule has 1 aromatic carbocycles. The molecule has 0 aliphatic heterocycles. The number of benzene rings is 1. The number of carboxylic acid groups (broad SMARTS) is 1. The molecule has 23 heavy (non-hydrogen) atoms. The third-order valence-corrected chi connectivity index (χ3v) is 3.38. The first-order valence-electron chi connectivity index (χ1n) is 6.78. The van der Waals surface area contributed by atoms with E-state index in [1.807, 2.05) is 0 Å². The number of hydrogen-bond acceptors (Lipinski definition) is 3. The summed E-state index contributed by atoms with van der Waals surface area (Å²) in [6.07, 6.45) is 1.16. The van der Waals surface area contributed by atoms with Crippen LogP contribution in [0.5, 0.6) is 0 Å². The van der Waals surface area contributed by atoms with Gasteiger partial charge in [0.25, 0.3) is 11.5 Å². The van der Waals surface area contributed by atoms with Gasteiger partial charge in [-0.05, 0) is 30.2 Å². The highest BCUT2D eigenvalue weighted by Crippen LogP contribution is 2.11. The van der Waals surface area contributed by atoms with Crippen LogP contribution in [0.25, 0.3) is 0 Å². The lowest BCUT2D eigenvalue weighted by Crippen LogP contribution is -2.32. The lowest BCUT2D eigenvalue weighted by molar-refractivity contribution is 0.0696. The summed E-state index contributed by atoms with van der Waals surface area (Å²) in [6, 6.07) is 5.38. The molecule has 0 fully saturated rings. The summed E-state index contributed by atoms with van der Waals surface area (Å²) < 4.78 is 14.4. The molecule has 0 bridgehead atoms. The molecule has 2 N–H and O–H groups in total. The van der Waals surface area contributed by atoms with Crippen LogP contribution in [0, 0.1) is 12.7 Å². The second-order valence-corrected chi connectivity index (χ2v) is 5.04. The number of halogens is 1. The van der Waals surface area contributed by atoms with E-state index in [0.717, 1.165) is 16.8 Å². The average Bonchev–Trinajstić information content (AvgIpc) is 2.51. The molecule has 0 saturated carbocycles. The number of hydrogen-bond donors (Lipinski definition) is 2. The van der Waals surface area contributed by atoms with Crippen molar-refractivity contribution in [2.45, 2.75) is 13.5 Å². The zero-order chi connectivity index (χ0) is 17.1. The van der Waals surface area contributed by atoms with Crippen molar-refractivity contribution >= 4 is 11.9 Å². The van der Waals surface area contributed by atoms with Gasteiger partial charge in [0.1, 0.15) is 11.4 Å². The summed E-state index contributed by atoms with van der Waals surface area (Å²) in [6.45, 7) is 1.62. The summed E-state index contributed by atoms with van der Waals surface area (Å²) in [5.41, 5.74) is -0.0162. The Bertz CT molecular complexity index is 842. The lowest BCUT2D eigenvalue weighted by Gasteiger charge is -2.10. The molecule has 120 valence electrons. The molecule has 0 radical (unpaired) electrons. The summed E-state index contributed by atoms with van der Waals surface area (Å²) in [5, 5.41) is 11.4. The van der Waals surface area contributed by atoms with Gasteiger partial charge in [-0.2, -0.15) is 0 Å². The van der Waals surface area contributed by atoms with Gasteiger partial charge in [-0.15, -0.1) is 0 Å². The van der Waals surface area contributed by atoms with E-state index in [0.29, 0.717) is 11.1 Å². The van der Waals surface area contributed by atoms with Crippen molar-refractivity contribution in [1.29, 1.82) is 0 Å². The highest BCUT2D eigenvalue weighted by Gasteiger charge is 2.16. The number of carboxylic acids is 1. The quantitative estimate of drug-likeness (QED) is 0.892. The monoisotopic (exact) mass is 318 g/mol. The number of rotatable bonds is 4. The Labute approximate surface area is 131 Å². The minimum absolute atomic E-state index is 0.0328. The van der Waals surface area contributed by atoms with Crippen LogP contribution in [-0.4, -0.2) is 28.6 Å². The normalized spacial score (nSPS) is 10.4. The molecule has 0 spiro atoms. The van der Waals surface area contributed by atoms with Crippen molar-refractivity contribution in [3.05, 3.63) is 68.9 Å². The van der Waals surface area contributed by atoms with Crippen LogP contribution in [-0.2, 0) is 6.54 Å². The Balaban J connectivity index is 2.54.